The van der Waals surface area contributed by atoms with Crippen molar-refractivity contribution in [3.8, 4) is 0 Å². The molecule has 0 aromatic heterocycles. The predicted octanol–water partition coefficient (Wildman–Crippen LogP) is 3.47. The van der Waals surface area contributed by atoms with Crippen LogP contribution in [0.25, 0.3) is 0 Å². The van der Waals surface area contributed by atoms with Crippen LogP contribution in [0.15, 0.2) is 0 Å². The Balaban J connectivity index is 2.42. The fraction of sp³-hybridized carbons (Fsp3) is 1.00. The Kier molecular flexibility index (Phi) is 6.37. The summed E-state index contributed by atoms with van der Waals surface area (Å²) in [4.78, 5) is 0. The van der Waals surface area contributed by atoms with Gasteiger partial charge in [0.1, 0.15) is 0 Å². The zero-order valence-corrected chi connectivity index (χ0v) is 11.3. The van der Waals surface area contributed by atoms with Crippen LogP contribution < -0.4 is 11.3 Å². The summed E-state index contributed by atoms with van der Waals surface area (Å²) < 4.78 is 0. The standard InChI is InChI=1S/C14H30N2/c1-4-6-11(3)14(16-15)13-9-7-12(5-2)8-10-13/h11-14,16H,4-10,15H2,1-3H3. The van der Waals surface area contributed by atoms with Crippen molar-refractivity contribution in [3.63, 3.8) is 0 Å². The molecule has 2 unspecified atom stereocenters. The Morgan fingerprint density at radius 3 is 2.25 bits per heavy atom. The quantitative estimate of drug-likeness (QED) is 0.537. The summed E-state index contributed by atoms with van der Waals surface area (Å²) >= 11 is 0. The normalized spacial score (nSPS) is 30.0. The molecule has 2 atom stereocenters. The van der Waals surface area contributed by atoms with Crippen molar-refractivity contribution in [3.05, 3.63) is 0 Å². The largest absolute Gasteiger partial charge is 0.271 e. The smallest absolute Gasteiger partial charge is 0.0264 e. The Morgan fingerprint density at radius 2 is 1.81 bits per heavy atom. The molecule has 1 aliphatic rings. The lowest BCUT2D eigenvalue weighted by atomic mass is 9.74. The third-order valence-electron chi connectivity index (χ3n) is 4.53. The predicted molar refractivity (Wildman–Crippen MR) is 70.9 cm³/mol. The lowest BCUT2D eigenvalue weighted by Crippen LogP contribution is -2.46. The SMILES string of the molecule is CCCC(C)C(NN)C1CCC(CC)CC1. The third kappa shape index (κ3) is 3.74. The highest BCUT2D eigenvalue weighted by atomic mass is 15.2. The van der Waals surface area contributed by atoms with Crippen molar-refractivity contribution >= 4 is 0 Å². The molecule has 0 bridgehead atoms. The molecule has 1 aliphatic carbocycles. The molecule has 1 fully saturated rings. The molecule has 2 heteroatoms. The molecule has 0 aliphatic heterocycles. The summed E-state index contributed by atoms with van der Waals surface area (Å²) in [6.07, 6.45) is 9.50. The van der Waals surface area contributed by atoms with Crippen LogP contribution >= 0.6 is 0 Å². The van der Waals surface area contributed by atoms with Gasteiger partial charge in [-0.25, -0.2) is 0 Å². The summed E-state index contributed by atoms with van der Waals surface area (Å²) in [7, 11) is 0. The van der Waals surface area contributed by atoms with Gasteiger partial charge in [0.15, 0.2) is 0 Å². The summed E-state index contributed by atoms with van der Waals surface area (Å²) in [5.74, 6) is 8.27. The molecular weight excluding hydrogens is 196 g/mol. The van der Waals surface area contributed by atoms with E-state index < -0.39 is 0 Å². The maximum Gasteiger partial charge on any atom is 0.0264 e. The van der Waals surface area contributed by atoms with Gasteiger partial charge in [-0.3, -0.25) is 11.3 Å². The van der Waals surface area contributed by atoms with Crippen LogP contribution in [0.5, 0.6) is 0 Å². The number of hydrogen-bond donors (Lipinski definition) is 2. The van der Waals surface area contributed by atoms with Crippen LogP contribution in [0.2, 0.25) is 0 Å². The molecule has 0 aromatic rings. The van der Waals surface area contributed by atoms with Crippen molar-refractivity contribution < 1.29 is 0 Å². The number of rotatable bonds is 6. The highest BCUT2D eigenvalue weighted by Crippen LogP contribution is 2.34. The molecule has 96 valence electrons. The fourth-order valence-corrected chi connectivity index (χ4v) is 3.36. The first-order chi connectivity index (χ1) is 7.72. The Morgan fingerprint density at radius 1 is 1.19 bits per heavy atom. The number of nitrogens with two attached hydrogens (primary N) is 1. The van der Waals surface area contributed by atoms with Crippen LogP contribution in [0.3, 0.4) is 0 Å². The van der Waals surface area contributed by atoms with Gasteiger partial charge >= 0.3 is 0 Å². The zero-order chi connectivity index (χ0) is 12.0. The topological polar surface area (TPSA) is 38.0 Å². The van der Waals surface area contributed by atoms with Crippen LogP contribution in [-0.2, 0) is 0 Å². The Hall–Kier alpha value is -0.0800. The average Bonchev–Trinajstić information content (AvgIpc) is 2.31. The van der Waals surface area contributed by atoms with Crippen LogP contribution in [-0.4, -0.2) is 6.04 Å². The van der Waals surface area contributed by atoms with Gasteiger partial charge < -0.3 is 0 Å². The first kappa shape index (κ1) is 14.0. The van der Waals surface area contributed by atoms with E-state index in [0.29, 0.717) is 6.04 Å². The molecule has 1 rings (SSSR count). The number of nitrogens with one attached hydrogen (secondary N) is 1. The highest BCUT2D eigenvalue weighted by Gasteiger charge is 2.29. The minimum absolute atomic E-state index is 0.540. The van der Waals surface area contributed by atoms with Gasteiger partial charge in [0.05, 0.1) is 0 Å². The summed E-state index contributed by atoms with van der Waals surface area (Å²) in [5, 5.41) is 0. The van der Waals surface area contributed by atoms with Crippen LogP contribution in [0.4, 0.5) is 0 Å². The van der Waals surface area contributed by atoms with Crippen molar-refractivity contribution in [2.75, 3.05) is 0 Å². The highest BCUT2D eigenvalue weighted by molar-refractivity contribution is 4.83. The fourth-order valence-electron chi connectivity index (χ4n) is 3.36. The number of hydrazine groups is 1. The van der Waals surface area contributed by atoms with Crippen molar-refractivity contribution in [1.29, 1.82) is 0 Å². The first-order valence-electron chi connectivity index (χ1n) is 7.19. The molecule has 0 spiro atoms. The molecule has 2 nitrogen and oxygen atoms in total. The second-order valence-electron chi connectivity index (χ2n) is 5.65. The van der Waals surface area contributed by atoms with Crippen LogP contribution in [0, 0.1) is 17.8 Å². The number of hydrogen-bond acceptors (Lipinski definition) is 2. The molecule has 0 amide bonds. The van der Waals surface area contributed by atoms with Crippen LogP contribution in [0.1, 0.15) is 65.7 Å². The van der Waals surface area contributed by atoms with E-state index in [1.807, 2.05) is 0 Å². The van der Waals surface area contributed by atoms with Crippen molar-refractivity contribution in [2.24, 2.45) is 23.6 Å². The van der Waals surface area contributed by atoms with Crippen molar-refractivity contribution in [2.45, 2.75) is 71.8 Å². The summed E-state index contributed by atoms with van der Waals surface area (Å²) in [6, 6.07) is 0.540. The average molecular weight is 226 g/mol. The van der Waals surface area contributed by atoms with E-state index in [1.165, 1.54) is 44.9 Å². The molecule has 0 heterocycles. The monoisotopic (exact) mass is 226 g/mol. The Labute approximate surface area is 101 Å². The van der Waals surface area contributed by atoms with Gasteiger partial charge in [0, 0.05) is 6.04 Å². The molecule has 16 heavy (non-hydrogen) atoms. The molecule has 0 aromatic carbocycles. The van der Waals surface area contributed by atoms with E-state index in [1.54, 1.807) is 0 Å². The Bertz CT molecular complexity index is 174. The van der Waals surface area contributed by atoms with E-state index in [-0.39, 0.29) is 0 Å². The van der Waals surface area contributed by atoms with Gasteiger partial charge in [-0.15, -0.1) is 0 Å². The molecule has 0 saturated heterocycles. The third-order valence-corrected chi connectivity index (χ3v) is 4.53. The van der Waals surface area contributed by atoms with E-state index in [0.717, 1.165) is 17.8 Å². The lowest BCUT2D eigenvalue weighted by Gasteiger charge is -2.36. The summed E-state index contributed by atoms with van der Waals surface area (Å²) in [5.41, 5.74) is 3.09. The van der Waals surface area contributed by atoms with E-state index in [4.69, 9.17) is 5.84 Å². The van der Waals surface area contributed by atoms with E-state index in [2.05, 4.69) is 26.2 Å². The van der Waals surface area contributed by atoms with Gasteiger partial charge in [0.2, 0.25) is 0 Å². The molecule has 1 saturated carbocycles. The van der Waals surface area contributed by atoms with E-state index >= 15 is 0 Å². The van der Waals surface area contributed by atoms with Crippen molar-refractivity contribution in [1.82, 2.24) is 5.43 Å². The maximum absolute atomic E-state index is 5.75. The maximum atomic E-state index is 5.75. The minimum atomic E-state index is 0.540. The van der Waals surface area contributed by atoms with Gasteiger partial charge in [-0.05, 0) is 37.0 Å². The molecular formula is C14H30N2. The lowest BCUT2D eigenvalue weighted by molar-refractivity contribution is 0.177. The zero-order valence-electron chi connectivity index (χ0n) is 11.3. The second kappa shape index (κ2) is 7.29. The molecule has 3 N–H and O–H groups in total. The van der Waals surface area contributed by atoms with Gasteiger partial charge in [-0.2, -0.15) is 0 Å². The second-order valence-corrected chi connectivity index (χ2v) is 5.65. The first-order valence-corrected chi connectivity index (χ1v) is 7.19. The minimum Gasteiger partial charge on any atom is -0.271 e. The summed E-state index contributed by atoms with van der Waals surface area (Å²) in [6.45, 7) is 6.93. The molecule has 0 radical (unpaired) electrons. The van der Waals surface area contributed by atoms with Gasteiger partial charge in [0.25, 0.3) is 0 Å². The van der Waals surface area contributed by atoms with E-state index in [9.17, 15) is 0 Å². The van der Waals surface area contributed by atoms with Gasteiger partial charge in [-0.1, -0.05) is 46.5 Å².